The van der Waals surface area contributed by atoms with Crippen LogP contribution in [0.5, 0.6) is 0 Å². The molecule has 2 aromatic rings. The molecule has 1 aliphatic rings. The van der Waals surface area contributed by atoms with Crippen LogP contribution in [0.2, 0.25) is 0 Å². The Labute approximate surface area is 170 Å². The number of nitrogens with one attached hydrogen (secondary N) is 2. The van der Waals surface area contributed by atoms with E-state index >= 15 is 0 Å². The first kappa shape index (κ1) is 20.6. The van der Waals surface area contributed by atoms with E-state index in [2.05, 4.69) is 83.1 Å². The Hall–Kier alpha value is -2.10. The van der Waals surface area contributed by atoms with Gasteiger partial charge in [-0.2, -0.15) is 4.98 Å². The summed E-state index contributed by atoms with van der Waals surface area (Å²) in [4.78, 5) is 9.34. The predicted molar refractivity (Wildman–Crippen MR) is 119 cm³/mol. The van der Waals surface area contributed by atoms with E-state index in [4.69, 9.17) is 4.98 Å². The smallest absolute Gasteiger partial charge is 0.229 e. The minimum absolute atomic E-state index is 0.450. The average Bonchev–Trinajstić information content (AvgIpc) is 2.67. The van der Waals surface area contributed by atoms with Crippen molar-refractivity contribution in [1.82, 2.24) is 9.97 Å². The zero-order valence-corrected chi connectivity index (χ0v) is 18.7. The van der Waals surface area contributed by atoms with E-state index in [1.807, 2.05) is 6.20 Å². The Kier molecular flexibility index (Phi) is 5.97. The third-order valence-electron chi connectivity index (χ3n) is 7.41. The molecule has 5 unspecified atom stereocenters. The lowest BCUT2D eigenvalue weighted by molar-refractivity contribution is 0.123. The SMILES string of the molecule is Cc1cnc(Nc2ccc(C)c(C)c2C)nc1NC1CC(C)C(C)C(C)C1C. The molecule has 1 fully saturated rings. The molecule has 0 saturated heterocycles. The molecule has 4 heteroatoms. The molecule has 0 amide bonds. The summed E-state index contributed by atoms with van der Waals surface area (Å²) in [7, 11) is 0. The van der Waals surface area contributed by atoms with Crippen LogP contribution >= 0.6 is 0 Å². The van der Waals surface area contributed by atoms with Crippen LogP contribution < -0.4 is 10.6 Å². The molecule has 152 valence electrons. The first-order chi connectivity index (χ1) is 13.2. The Morgan fingerprint density at radius 1 is 0.857 bits per heavy atom. The zero-order chi connectivity index (χ0) is 20.6. The average molecular weight is 381 g/mol. The number of nitrogens with zero attached hydrogens (tertiary/aromatic N) is 2. The van der Waals surface area contributed by atoms with Crippen molar-refractivity contribution in [2.24, 2.45) is 23.7 Å². The summed E-state index contributed by atoms with van der Waals surface area (Å²) in [5.74, 6) is 4.42. The molecule has 2 N–H and O–H groups in total. The second-order valence-corrected chi connectivity index (χ2v) is 9.07. The lowest BCUT2D eigenvalue weighted by atomic mass is 9.67. The third kappa shape index (κ3) is 4.01. The molecule has 1 aromatic carbocycles. The minimum Gasteiger partial charge on any atom is -0.367 e. The maximum absolute atomic E-state index is 4.83. The van der Waals surface area contributed by atoms with Gasteiger partial charge in [-0.25, -0.2) is 4.98 Å². The zero-order valence-electron chi connectivity index (χ0n) is 18.7. The second-order valence-electron chi connectivity index (χ2n) is 9.07. The summed E-state index contributed by atoms with van der Waals surface area (Å²) in [6.45, 7) is 18.1. The predicted octanol–water partition coefficient (Wildman–Crippen LogP) is 6.18. The number of benzene rings is 1. The minimum atomic E-state index is 0.450. The highest BCUT2D eigenvalue weighted by atomic mass is 15.2. The molecule has 0 bridgehead atoms. The number of hydrogen-bond donors (Lipinski definition) is 2. The van der Waals surface area contributed by atoms with Gasteiger partial charge in [0.2, 0.25) is 5.95 Å². The summed E-state index contributed by atoms with van der Waals surface area (Å²) < 4.78 is 0. The van der Waals surface area contributed by atoms with Crippen LogP contribution in [0.15, 0.2) is 18.3 Å². The normalized spacial score (nSPS) is 27.5. The monoisotopic (exact) mass is 380 g/mol. The fraction of sp³-hybridized carbons (Fsp3) is 0.583. The molecule has 1 heterocycles. The van der Waals surface area contributed by atoms with Gasteiger partial charge in [-0.3, -0.25) is 0 Å². The van der Waals surface area contributed by atoms with Gasteiger partial charge in [-0.1, -0.05) is 33.8 Å². The second kappa shape index (κ2) is 8.10. The van der Waals surface area contributed by atoms with Crippen LogP contribution in [0.4, 0.5) is 17.5 Å². The van der Waals surface area contributed by atoms with Crippen molar-refractivity contribution in [3.05, 3.63) is 40.6 Å². The number of hydrogen-bond acceptors (Lipinski definition) is 4. The van der Waals surface area contributed by atoms with Gasteiger partial charge in [0, 0.05) is 23.5 Å². The van der Waals surface area contributed by atoms with Crippen LogP contribution in [0.25, 0.3) is 0 Å². The molecular formula is C24H36N4. The molecule has 3 rings (SSSR count). The molecule has 0 spiro atoms. The Bertz CT molecular complexity index is 845. The Balaban J connectivity index is 1.81. The van der Waals surface area contributed by atoms with Gasteiger partial charge in [0.1, 0.15) is 5.82 Å². The molecule has 1 aliphatic carbocycles. The van der Waals surface area contributed by atoms with Gasteiger partial charge in [0.15, 0.2) is 0 Å². The van der Waals surface area contributed by atoms with Gasteiger partial charge in [-0.05, 0) is 80.5 Å². The van der Waals surface area contributed by atoms with E-state index < -0.39 is 0 Å². The molecule has 1 aromatic heterocycles. The first-order valence-corrected chi connectivity index (χ1v) is 10.6. The van der Waals surface area contributed by atoms with Gasteiger partial charge >= 0.3 is 0 Å². The van der Waals surface area contributed by atoms with Crippen molar-refractivity contribution in [3.63, 3.8) is 0 Å². The topological polar surface area (TPSA) is 49.8 Å². The van der Waals surface area contributed by atoms with Crippen molar-refractivity contribution < 1.29 is 0 Å². The quantitative estimate of drug-likeness (QED) is 0.665. The summed E-state index contributed by atoms with van der Waals surface area (Å²) in [6.07, 6.45) is 3.10. The highest BCUT2D eigenvalue weighted by Crippen LogP contribution is 2.39. The van der Waals surface area contributed by atoms with E-state index in [1.54, 1.807) is 0 Å². The summed E-state index contributed by atoms with van der Waals surface area (Å²) in [6, 6.07) is 4.71. The standard InChI is InChI=1S/C24H36N4/c1-13-9-10-21(19(7)16(13)4)27-24-25-12-15(3)23(28-24)26-22-11-14(2)17(5)18(6)20(22)8/h9-10,12,14,17-18,20,22H,11H2,1-8H3,(H2,25,26,27,28). The Morgan fingerprint density at radius 2 is 1.57 bits per heavy atom. The third-order valence-corrected chi connectivity index (χ3v) is 7.41. The van der Waals surface area contributed by atoms with Gasteiger partial charge in [0.05, 0.1) is 0 Å². The van der Waals surface area contributed by atoms with Crippen molar-refractivity contribution in [1.29, 1.82) is 0 Å². The summed E-state index contributed by atoms with van der Waals surface area (Å²) in [5.41, 5.74) is 6.02. The molecule has 5 atom stereocenters. The molecule has 1 saturated carbocycles. The summed E-state index contributed by atoms with van der Waals surface area (Å²) >= 11 is 0. The van der Waals surface area contributed by atoms with Gasteiger partial charge in [0.25, 0.3) is 0 Å². The van der Waals surface area contributed by atoms with E-state index in [-0.39, 0.29) is 0 Å². The van der Waals surface area contributed by atoms with Crippen LogP contribution in [-0.4, -0.2) is 16.0 Å². The maximum Gasteiger partial charge on any atom is 0.229 e. The maximum atomic E-state index is 4.83. The van der Waals surface area contributed by atoms with Crippen molar-refractivity contribution in [3.8, 4) is 0 Å². The van der Waals surface area contributed by atoms with Crippen molar-refractivity contribution in [2.45, 2.75) is 67.9 Å². The largest absolute Gasteiger partial charge is 0.367 e. The van der Waals surface area contributed by atoms with Gasteiger partial charge < -0.3 is 10.6 Å². The molecule has 4 nitrogen and oxygen atoms in total. The van der Waals surface area contributed by atoms with E-state index in [1.165, 1.54) is 23.1 Å². The van der Waals surface area contributed by atoms with Crippen LogP contribution in [0.1, 0.15) is 56.4 Å². The van der Waals surface area contributed by atoms with Gasteiger partial charge in [-0.15, -0.1) is 0 Å². The lowest BCUT2D eigenvalue weighted by Gasteiger charge is -2.43. The fourth-order valence-electron chi connectivity index (χ4n) is 4.42. The van der Waals surface area contributed by atoms with Crippen LogP contribution in [0, 0.1) is 51.4 Å². The highest BCUT2D eigenvalue weighted by Gasteiger charge is 2.36. The molecule has 0 aliphatic heterocycles. The highest BCUT2D eigenvalue weighted by molar-refractivity contribution is 5.62. The molecular weight excluding hydrogens is 344 g/mol. The van der Waals surface area contributed by atoms with E-state index in [0.717, 1.165) is 28.9 Å². The van der Waals surface area contributed by atoms with E-state index in [9.17, 15) is 0 Å². The van der Waals surface area contributed by atoms with Crippen LogP contribution in [-0.2, 0) is 0 Å². The van der Waals surface area contributed by atoms with Crippen molar-refractivity contribution >= 4 is 17.5 Å². The van der Waals surface area contributed by atoms with E-state index in [0.29, 0.717) is 23.8 Å². The fourth-order valence-corrected chi connectivity index (χ4v) is 4.42. The van der Waals surface area contributed by atoms with Crippen molar-refractivity contribution in [2.75, 3.05) is 10.6 Å². The van der Waals surface area contributed by atoms with Crippen LogP contribution in [0.3, 0.4) is 0 Å². The number of anilines is 3. The Morgan fingerprint density at radius 3 is 2.29 bits per heavy atom. The number of aromatic nitrogens is 2. The molecule has 28 heavy (non-hydrogen) atoms. The lowest BCUT2D eigenvalue weighted by Crippen LogP contribution is -2.42. The number of rotatable bonds is 4. The summed E-state index contributed by atoms with van der Waals surface area (Å²) in [5, 5.41) is 7.17. The molecule has 0 radical (unpaired) electrons. The number of aryl methyl sites for hydroxylation is 2. The first-order valence-electron chi connectivity index (χ1n) is 10.6.